The average Bonchev–Trinajstić information content (AvgIpc) is 2.70. The third kappa shape index (κ3) is 4.92. The average molecular weight is 418 g/mol. The third-order valence-electron chi connectivity index (χ3n) is 4.81. The van der Waals surface area contributed by atoms with Gasteiger partial charge in [-0.2, -0.15) is 0 Å². The zero-order valence-corrected chi connectivity index (χ0v) is 19.0. The third-order valence-corrected chi connectivity index (χ3v) is 6.20. The lowest BCUT2D eigenvalue weighted by Gasteiger charge is -2.24. The van der Waals surface area contributed by atoms with Crippen molar-refractivity contribution in [3.8, 4) is 11.5 Å². The van der Waals surface area contributed by atoms with E-state index in [-0.39, 0.29) is 10.4 Å². The van der Waals surface area contributed by atoms with Gasteiger partial charge < -0.3 is 15.2 Å². The lowest BCUT2D eigenvalue weighted by atomic mass is 9.87. The molecule has 0 fully saturated rings. The van der Waals surface area contributed by atoms with Crippen LogP contribution in [0.4, 0.5) is 5.69 Å². The van der Waals surface area contributed by atoms with Crippen LogP contribution in [0.2, 0.25) is 0 Å². The SMILES string of the molecule is COc1cc(N(N)/C(C)=C(\N)S(=O)c2ccc(C(C)(C)C)cc2)c(OC)cc1C. The van der Waals surface area contributed by atoms with Crippen molar-refractivity contribution >= 4 is 16.5 Å². The van der Waals surface area contributed by atoms with Crippen LogP contribution in [0.3, 0.4) is 0 Å². The predicted molar refractivity (Wildman–Crippen MR) is 119 cm³/mol. The number of hydrazine groups is 1. The Hall–Kier alpha value is -2.51. The highest BCUT2D eigenvalue weighted by atomic mass is 32.2. The molecule has 0 radical (unpaired) electrons. The molecule has 1 unspecified atom stereocenters. The van der Waals surface area contributed by atoms with Crippen LogP contribution in [0.15, 0.2) is 52.0 Å². The summed E-state index contributed by atoms with van der Waals surface area (Å²) in [5.41, 5.74) is 9.36. The molecule has 0 saturated heterocycles. The van der Waals surface area contributed by atoms with Crippen LogP contribution in [0.5, 0.6) is 11.5 Å². The second kappa shape index (κ2) is 8.88. The lowest BCUT2D eigenvalue weighted by Crippen LogP contribution is -2.32. The maximum Gasteiger partial charge on any atom is 0.144 e. The molecule has 0 saturated carbocycles. The summed E-state index contributed by atoms with van der Waals surface area (Å²) in [6, 6.07) is 11.2. The van der Waals surface area contributed by atoms with Crippen LogP contribution in [0, 0.1) is 6.92 Å². The molecule has 7 heteroatoms. The molecule has 1 atom stereocenters. The van der Waals surface area contributed by atoms with Gasteiger partial charge in [-0.3, -0.25) is 5.01 Å². The van der Waals surface area contributed by atoms with E-state index in [4.69, 9.17) is 21.1 Å². The minimum Gasteiger partial charge on any atom is -0.496 e. The van der Waals surface area contributed by atoms with Gasteiger partial charge in [-0.15, -0.1) is 0 Å². The number of benzene rings is 2. The molecule has 2 aromatic rings. The number of nitrogens with zero attached hydrogens (tertiary/aromatic N) is 1. The Labute approximate surface area is 175 Å². The summed E-state index contributed by atoms with van der Waals surface area (Å²) >= 11 is 0. The van der Waals surface area contributed by atoms with Crippen molar-refractivity contribution < 1.29 is 13.7 Å². The smallest absolute Gasteiger partial charge is 0.144 e. The molecule has 0 aliphatic rings. The van der Waals surface area contributed by atoms with Gasteiger partial charge >= 0.3 is 0 Å². The minimum atomic E-state index is -1.54. The summed E-state index contributed by atoms with van der Waals surface area (Å²) in [4.78, 5) is 0.622. The summed E-state index contributed by atoms with van der Waals surface area (Å²) in [6.07, 6.45) is 0. The summed E-state index contributed by atoms with van der Waals surface area (Å²) in [5.74, 6) is 7.55. The maximum atomic E-state index is 13.0. The normalized spacial score (nSPS) is 13.5. The van der Waals surface area contributed by atoms with Gasteiger partial charge in [0.1, 0.15) is 33.0 Å². The second-order valence-electron chi connectivity index (χ2n) is 7.86. The van der Waals surface area contributed by atoms with E-state index in [1.165, 1.54) is 5.01 Å². The molecule has 0 aliphatic heterocycles. The number of rotatable bonds is 6. The van der Waals surface area contributed by atoms with Crippen LogP contribution in [0.25, 0.3) is 0 Å². The lowest BCUT2D eigenvalue weighted by molar-refractivity contribution is 0.401. The number of aryl methyl sites for hydroxylation is 1. The maximum absolute atomic E-state index is 13.0. The number of nitrogens with two attached hydrogens (primary N) is 2. The highest BCUT2D eigenvalue weighted by molar-refractivity contribution is 7.89. The van der Waals surface area contributed by atoms with E-state index in [1.807, 2.05) is 37.3 Å². The fraction of sp³-hybridized carbons (Fsp3) is 0.364. The Morgan fingerprint density at radius 2 is 1.59 bits per heavy atom. The van der Waals surface area contributed by atoms with Crippen molar-refractivity contribution in [3.63, 3.8) is 0 Å². The highest BCUT2D eigenvalue weighted by Gasteiger charge is 2.20. The molecule has 0 aliphatic carbocycles. The monoisotopic (exact) mass is 417 g/mol. The topological polar surface area (TPSA) is 90.8 Å². The van der Waals surface area contributed by atoms with Crippen LogP contribution >= 0.6 is 0 Å². The predicted octanol–water partition coefficient (Wildman–Crippen LogP) is 3.95. The summed E-state index contributed by atoms with van der Waals surface area (Å²) in [7, 11) is 1.61. The van der Waals surface area contributed by atoms with E-state index in [2.05, 4.69) is 20.8 Å². The number of anilines is 1. The largest absolute Gasteiger partial charge is 0.496 e. The first-order chi connectivity index (χ1) is 13.5. The Morgan fingerprint density at radius 1 is 1.03 bits per heavy atom. The van der Waals surface area contributed by atoms with Crippen molar-refractivity contribution in [1.82, 2.24) is 0 Å². The summed E-state index contributed by atoms with van der Waals surface area (Å²) < 4.78 is 23.8. The van der Waals surface area contributed by atoms with Crippen LogP contribution in [-0.2, 0) is 16.2 Å². The van der Waals surface area contributed by atoms with Crippen LogP contribution in [-0.4, -0.2) is 18.4 Å². The molecular formula is C22H31N3O3S. The first-order valence-electron chi connectivity index (χ1n) is 9.27. The van der Waals surface area contributed by atoms with E-state index in [0.717, 1.165) is 11.1 Å². The van der Waals surface area contributed by atoms with Crippen LogP contribution in [0.1, 0.15) is 38.8 Å². The molecule has 0 bridgehead atoms. The molecule has 158 valence electrons. The minimum absolute atomic E-state index is 0.0203. The van der Waals surface area contributed by atoms with E-state index >= 15 is 0 Å². The van der Waals surface area contributed by atoms with Crippen molar-refractivity contribution in [2.45, 2.75) is 44.9 Å². The first-order valence-corrected chi connectivity index (χ1v) is 10.4. The van der Waals surface area contributed by atoms with Gasteiger partial charge in [0.25, 0.3) is 0 Å². The van der Waals surface area contributed by atoms with E-state index in [9.17, 15) is 4.21 Å². The van der Waals surface area contributed by atoms with Crippen LogP contribution < -0.4 is 26.1 Å². The zero-order valence-electron chi connectivity index (χ0n) is 18.2. The van der Waals surface area contributed by atoms with E-state index < -0.39 is 10.8 Å². The molecule has 0 heterocycles. The molecule has 0 spiro atoms. The Balaban J connectivity index is 2.40. The number of allylic oxidation sites excluding steroid dienone is 1. The summed E-state index contributed by atoms with van der Waals surface area (Å²) in [6.45, 7) is 10.0. The molecular weight excluding hydrogens is 386 g/mol. The molecule has 4 N–H and O–H groups in total. The molecule has 2 rings (SSSR count). The second-order valence-corrected chi connectivity index (χ2v) is 9.31. The Kier molecular flexibility index (Phi) is 6.97. The van der Waals surface area contributed by atoms with Gasteiger partial charge in [-0.1, -0.05) is 32.9 Å². The Morgan fingerprint density at radius 3 is 2.07 bits per heavy atom. The first kappa shape index (κ1) is 22.8. The number of methoxy groups -OCH3 is 2. The van der Waals surface area contributed by atoms with Gasteiger partial charge in [-0.25, -0.2) is 10.1 Å². The van der Waals surface area contributed by atoms with Gasteiger partial charge in [-0.05, 0) is 48.6 Å². The summed E-state index contributed by atoms with van der Waals surface area (Å²) in [5, 5.41) is 1.55. The molecule has 29 heavy (non-hydrogen) atoms. The van der Waals surface area contributed by atoms with Crippen molar-refractivity contribution in [2.24, 2.45) is 11.6 Å². The zero-order chi connectivity index (χ0) is 21.9. The van der Waals surface area contributed by atoms with Crippen molar-refractivity contribution in [1.29, 1.82) is 0 Å². The van der Waals surface area contributed by atoms with Gasteiger partial charge in [0.2, 0.25) is 0 Å². The fourth-order valence-electron chi connectivity index (χ4n) is 2.86. The molecule has 0 aromatic heterocycles. The standard InChI is InChI=1S/C22H31N3O3S/c1-14-12-20(28-7)18(13-19(14)27-6)25(24)15(2)21(23)29(26)17-10-8-16(9-11-17)22(3,4)5/h8-13H,23-24H2,1-7H3/b21-15+. The van der Waals surface area contributed by atoms with E-state index in [0.29, 0.717) is 27.8 Å². The number of hydrogen-bond donors (Lipinski definition) is 2. The van der Waals surface area contributed by atoms with Crippen molar-refractivity contribution in [2.75, 3.05) is 19.2 Å². The molecule has 6 nitrogen and oxygen atoms in total. The number of hydrogen-bond acceptors (Lipinski definition) is 6. The molecule has 0 amide bonds. The van der Waals surface area contributed by atoms with Crippen molar-refractivity contribution in [3.05, 3.63) is 58.3 Å². The molecule has 2 aromatic carbocycles. The Bertz CT molecular complexity index is 932. The van der Waals surface area contributed by atoms with Gasteiger partial charge in [0.05, 0.1) is 19.9 Å². The van der Waals surface area contributed by atoms with Gasteiger partial charge in [0, 0.05) is 11.0 Å². The quantitative estimate of drug-likeness (QED) is 0.546. The fourth-order valence-corrected chi connectivity index (χ4v) is 3.87. The van der Waals surface area contributed by atoms with Gasteiger partial charge in [0.15, 0.2) is 0 Å². The highest BCUT2D eigenvalue weighted by Crippen LogP contribution is 2.36. The number of ether oxygens (including phenoxy) is 2. The van der Waals surface area contributed by atoms with E-state index in [1.54, 1.807) is 27.2 Å².